The predicted molar refractivity (Wildman–Crippen MR) is 253 cm³/mol. The van der Waals surface area contributed by atoms with E-state index >= 15 is 0 Å². The maximum Gasteiger partial charge on any atom is 0.0171 e. The Hall–Kier alpha value is -7.28. The predicted octanol–water partition coefficient (Wildman–Crippen LogP) is 16.4. The van der Waals surface area contributed by atoms with Crippen molar-refractivity contribution in [2.45, 2.75) is 19.3 Å². The molecule has 0 bridgehead atoms. The molecular formula is C59H40. The molecule has 0 unspecified atom stereocenters. The van der Waals surface area contributed by atoms with E-state index in [0.717, 1.165) is 0 Å². The summed E-state index contributed by atoms with van der Waals surface area (Å²) in [5, 5.41) is 12.9. The molecule has 0 saturated heterocycles. The van der Waals surface area contributed by atoms with E-state index < -0.39 is 0 Å². The second kappa shape index (κ2) is 12.9. The molecular weight excluding hydrogens is 709 g/mol. The highest BCUT2D eigenvalue weighted by Crippen LogP contribution is 2.57. The molecule has 276 valence electrons. The Balaban J connectivity index is 1.00. The molecule has 1 aliphatic rings. The Kier molecular flexibility index (Phi) is 7.38. The molecule has 0 aromatic heterocycles. The first kappa shape index (κ1) is 33.8. The lowest BCUT2D eigenvalue weighted by Gasteiger charge is -2.26. The van der Waals surface area contributed by atoms with Crippen LogP contribution in [0.1, 0.15) is 25.0 Å². The Labute approximate surface area is 344 Å². The molecule has 0 spiro atoms. The topological polar surface area (TPSA) is 0 Å². The van der Waals surface area contributed by atoms with Gasteiger partial charge >= 0.3 is 0 Å². The van der Waals surface area contributed by atoms with E-state index in [1.54, 1.807) is 0 Å². The normalized spacial score (nSPS) is 13.1. The molecule has 0 aliphatic heterocycles. The molecule has 0 fully saturated rings. The maximum atomic E-state index is 2.42. The molecule has 11 aromatic rings. The average Bonchev–Trinajstić information content (AvgIpc) is 3.55. The van der Waals surface area contributed by atoms with Gasteiger partial charge in [-0.25, -0.2) is 0 Å². The van der Waals surface area contributed by atoms with E-state index in [1.807, 2.05) is 0 Å². The van der Waals surface area contributed by atoms with Crippen LogP contribution in [0.5, 0.6) is 0 Å². The van der Waals surface area contributed by atoms with Gasteiger partial charge in [0.15, 0.2) is 0 Å². The van der Waals surface area contributed by atoms with Crippen molar-refractivity contribution in [2.24, 2.45) is 0 Å². The molecule has 11 aromatic carbocycles. The molecule has 0 heteroatoms. The van der Waals surface area contributed by atoms with Crippen molar-refractivity contribution in [2.75, 3.05) is 0 Å². The lowest BCUT2D eigenvalue weighted by atomic mass is 9.76. The summed E-state index contributed by atoms with van der Waals surface area (Å²) in [6, 6.07) is 76.7. The van der Waals surface area contributed by atoms with Gasteiger partial charge in [-0.2, -0.15) is 0 Å². The largest absolute Gasteiger partial charge is 0.0616 e. The quantitative estimate of drug-likeness (QED) is 0.124. The summed E-state index contributed by atoms with van der Waals surface area (Å²) in [7, 11) is 0. The Morgan fingerprint density at radius 3 is 1.36 bits per heavy atom. The van der Waals surface area contributed by atoms with Crippen molar-refractivity contribution in [3.63, 3.8) is 0 Å². The van der Waals surface area contributed by atoms with Crippen LogP contribution in [-0.2, 0) is 5.41 Å². The number of hydrogen-bond donors (Lipinski definition) is 0. The summed E-state index contributed by atoms with van der Waals surface area (Å²) in [4.78, 5) is 0. The van der Waals surface area contributed by atoms with Crippen LogP contribution in [0, 0.1) is 0 Å². The average molecular weight is 749 g/mol. The summed E-state index contributed by atoms with van der Waals surface area (Å²) in [5.41, 5.74) is 15.4. The fraction of sp³-hybridized carbons (Fsp3) is 0.0508. The maximum absolute atomic E-state index is 2.42. The summed E-state index contributed by atoms with van der Waals surface area (Å²) in [5.74, 6) is 0. The van der Waals surface area contributed by atoms with Crippen LogP contribution in [0.2, 0.25) is 0 Å². The lowest BCUT2D eigenvalue weighted by Crippen LogP contribution is -2.17. The van der Waals surface area contributed by atoms with Gasteiger partial charge < -0.3 is 0 Å². The second-order valence-electron chi connectivity index (χ2n) is 16.8. The lowest BCUT2D eigenvalue weighted by molar-refractivity contribution is 0.668. The first-order chi connectivity index (χ1) is 29.0. The SMILES string of the molecule is CC1(C)c2c(-c3ccc(-c4c5ccccc5c(-c5cccc(-c6ccc7ccccc7c6)c5)c5ccccc45)cc3)cccc2-c2c1c1ccccc1c1ccccc21. The van der Waals surface area contributed by atoms with Crippen LogP contribution < -0.4 is 0 Å². The zero-order valence-electron chi connectivity index (χ0n) is 33.1. The molecule has 0 N–H and O–H groups in total. The van der Waals surface area contributed by atoms with Crippen LogP contribution >= 0.6 is 0 Å². The zero-order valence-corrected chi connectivity index (χ0v) is 33.1. The molecule has 0 nitrogen and oxygen atoms in total. The van der Waals surface area contributed by atoms with Gasteiger partial charge in [-0.05, 0) is 133 Å². The number of benzene rings is 11. The molecule has 0 amide bonds. The molecule has 0 saturated carbocycles. The fourth-order valence-electron chi connectivity index (χ4n) is 10.7. The van der Waals surface area contributed by atoms with Crippen LogP contribution in [0.25, 0.3) is 109 Å². The first-order valence-corrected chi connectivity index (χ1v) is 20.8. The molecule has 0 heterocycles. The third kappa shape index (κ3) is 5.03. The van der Waals surface area contributed by atoms with E-state index in [4.69, 9.17) is 0 Å². The van der Waals surface area contributed by atoms with Crippen LogP contribution in [-0.4, -0.2) is 0 Å². The van der Waals surface area contributed by atoms with Crippen molar-refractivity contribution in [1.82, 2.24) is 0 Å². The fourth-order valence-corrected chi connectivity index (χ4v) is 10.7. The third-order valence-electron chi connectivity index (χ3n) is 13.2. The van der Waals surface area contributed by atoms with Gasteiger partial charge in [0, 0.05) is 5.41 Å². The molecule has 12 rings (SSSR count). The van der Waals surface area contributed by atoms with Gasteiger partial charge in [0.05, 0.1) is 0 Å². The Morgan fingerprint density at radius 1 is 0.254 bits per heavy atom. The second-order valence-corrected chi connectivity index (χ2v) is 16.8. The monoisotopic (exact) mass is 748 g/mol. The van der Waals surface area contributed by atoms with Gasteiger partial charge in [-0.1, -0.05) is 208 Å². The highest BCUT2D eigenvalue weighted by molar-refractivity contribution is 6.22. The van der Waals surface area contributed by atoms with Crippen LogP contribution in [0.15, 0.2) is 206 Å². The highest BCUT2D eigenvalue weighted by Gasteiger charge is 2.40. The standard InChI is InChI=1S/C59H40/c1-59(2)57-44(27-14-28-53(57)56-47-21-7-5-19-45(47)46-20-6-12-26-52(46)58(56)59)38-30-32-39(33-31-38)54-48-22-8-10-24-50(48)55(51-25-11-9-23-49(51)54)43-18-13-17-41(36-43)42-34-29-37-15-3-4-16-40(37)35-42/h3-36H,1-2H3. The van der Waals surface area contributed by atoms with Crippen LogP contribution in [0.3, 0.4) is 0 Å². The summed E-state index contributed by atoms with van der Waals surface area (Å²) < 4.78 is 0. The zero-order chi connectivity index (χ0) is 39.2. The molecule has 0 radical (unpaired) electrons. The third-order valence-corrected chi connectivity index (χ3v) is 13.2. The number of fused-ring (bicyclic) bond motifs is 11. The minimum absolute atomic E-state index is 0.183. The highest BCUT2D eigenvalue weighted by atomic mass is 14.4. The van der Waals surface area contributed by atoms with Crippen molar-refractivity contribution < 1.29 is 0 Å². The Bertz CT molecular complexity index is 3450. The van der Waals surface area contributed by atoms with E-state index in [1.165, 1.54) is 121 Å². The van der Waals surface area contributed by atoms with Gasteiger partial charge in [-0.3, -0.25) is 0 Å². The van der Waals surface area contributed by atoms with Gasteiger partial charge in [-0.15, -0.1) is 0 Å². The number of hydrogen-bond acceptors (Lipinski definition) is 0. The van der Waals surface area contributed by atoms with Crippen molar-refractivity contribution in [1.29, 1.82) is 0 Å². The molecule has 0 atom stereocenters. The van der Waals surface area contributed by atoms with E-state index in [-0.39, 0.29) is 5.41 Å². The molecule has 59 heavy (non-hydrogen) atoms. The van der Waals surface area contributed by atoms with Crippen molar-refractivity contribution >= 4 is 53.9 Å². The number of rotatable bonds is 4. The van der Waals surface area contributed by atoms with Crippen molar-refractivity contribution in [3.8, 4) is 55.6 Å². The van der Waals surface area contributed by atoms with Gasteiger partial charge in [0.2, 0.25) is 0 Å². The minimum atomic E-state index is -0.183. The molecule has 1 aliphatic carbocycles. The van der Waals surface area contributed by atoms with Gasteiger partial charge in [0.1, 0.15) is 0 Å². The van der Waals surface area contributed by atoms with E-state index in [2.05, 4.69) is 220 Å². The van der Waals surface area contributed by atoms with E-state index in [0.29, 0.717) is 0 Å². The summed E-state index contributed by atoms with van der Waals surface area (Å²) in [6.07, 6.45) is 0. The first-order valence-electron chi connectivity index (χ1n) is 20.8. The van der Waals surface area contributed by atoms with E-state index in [9.17, 15) is 0 Å². The van der Waals surface area contributed by atoms with Crippen LogP contribution in [0.4, 0.5) is 0 Å². The minimum Gasteiger partial charge on any atom is -0.0616 e. The summed E-state index contributed by atoms with van der Waals surface area (Å²) in [6.45, 7) is 4.85. The summed E-state index contributed by atoms with van der Waals surface area (Å²) >= 11 is 0. The Morgan fingerprint density at radius 2 is 0.695 bits per heavy atom. The van der Waals surface area contributed by atoms with Crippen molar-refractivity contribution in [3.05, 3.63) is 217 Å². The van der Waals surface area contributed by atoms with Gasteiger partial charge in [0.25, 0.3) is 0 Å². The smallest absolute Gasteiger partial charge is 0.0171 e.